The van der Waals surface area contributed by atoms with Crippen molar-refractivity contribution in [1.82, 2.24) is 15.6 Å². The highest BCUT2D eigenvalue weighted by atomic mass is 16.5. The number of nitrogens with two attached hydrogens (primary N) is 1. The topological polar surface area (TPSA) is 106 Å². The van der Waals surface area contributed by atoms with Crippen LogP contribution in [0.4, 0.5) is 4.79 Å². The maximum atomic E-state index is 11.8. The molecule has 7 nitrogen and oxygen atoms in total. The van der Waals surface area contributed by atoms with E-state index in [9.17, 15) is 9.59 Å². The first-order chi connectivity index (χ1) is 10.5. The summed E-state index contributed by atoms with van der Waals surface area (Å²) in [5.41, 5.74) is 5.87. The van der Waals surface area contributed by atoms with Gasteiger partial charge < -0.3 is 21.1 Å². The Morgan fingerprint density at radius 1 is 1.45 bits per heavy atom. The molecule has 3 amide bonds. The van der Waals surface area contributed by atoms with Crippen molar-refractivity contribution >= 4 is 11.9 Å². The van der Waals surface area contributed by atoms with Crippen LogP contribution < -0.4 is 21.1 Å². The lowest BCUT2D eigenvalue weighted by Crippen LogP contribution is -2.46. The number of nitrogens with one attached hydrogen (secondary N) is 2. The molecule has 0 saturated heterocycles. The van der Waals surface area contributed by atoms with Gasteiger partial charge in [-0.15, -0.1) is 0 Å². The molecular formula is C15H22N4O3. The summed E-state index contributed by atoms with van der Waals surface area (Å²) in [4.78, 5) is 26.7. The highest BCUT2D eigenvalue weighted by Crippen LogP contribution is 2.23. The summed E-state index contributed by atoms with van der Waals surface area (Å²) >= 11 is 0. The van der Waals surface area contributed by atoms with E-state index in [4.69, 9.17) is 10.5 Å². The Hall–Kier alpha value is -2.31. The molecule has 1 atom stereocenters. The lowest BCUT2D eigenvalue weighted by molar-refractivity contribution is -0.122. The van der Waals surface area contributed by atoms with Gasteiger partial charge in [-0.2, -0.15) is 0 Å². The van der Waals surface area contributed by atoms with E-state index in [0.29, 0.717) is 12.4 Å². The zero-order valence-electron chi connectivity index (χ0n) is 12.7. The van der Waals surface area contributed by atoms with Gasteiger partial charge in [0.05, 0.1) is 0 Å². The number of rotatable bonds is 6. The van der Waals surface area contributed by atoms with E-state index >= 15 is 0 Å². The molecule has 1 aromatic heterocycles. The van der Waals surface area contributed by atoms with Gasteiger partial charge in [-0.05, 0) is 44.2 Å². The van der Waals surface area contributed by atoms with Crippen molar-refractivity contribution in [3.8, 4) is 5.88 Å². The Labute approximate surface area is 129 Å². The second-order valence-corrected chi connectivity index (χ2v) is 5.47. The Morgan fingerprint density at radius 3 is 2.86 bits per heavy atom. The quantitative estimate of drug-likeness (QED) is 0.731. The van der Waals surface area contributed by atoms with E-state index in [2.05, 4.69) is 15.6 Å². The summed E-state index contributed by atoms with van der Waals surface area (Å²) in [5, 5.41) is 5.06. The third kappa shape index (κ3) is 4.91. The van der Waals surface area contributed by atoms with E-state index in [0.717, 1.165) is 18.4 Å². The van der Waals surface area contributed by atoms with Crippen molar-refractivity contribution in [3.63, 3.8) is 0 Å². The monoisotopic (exact) mass is 306 g/mol. The van der Waals surface area contributed by atoms with Crippen molar-refractivity contribution in [2.45, 2.75) is 51.3 Å². The van der Waals surface area contributed by atoms with Crippen LogP contribution in [0.3, 0.4) is 0 Å². The molecule has 1 saturated carbocycles. The van der Waals surface area contributed by atoms with Gasteiger partial charge in [-0.3, -0.25) is 4.79 Å². The maximum Gasteiger partial charge on any atom is 0.312 e. The molecule has 2 rings (SSSR count). The van der Waals surface area contributed by atoms with Crippen LogP contribution in [0, 0.1) is 0 Å². The fourth-order valence-corrected chi connectivity index (χ4v) is 2.42. The molecule has 0 unspecified atom stereocenters. The molecule has 0 spiro atoms. The number of hydrogen-bond donors (Lipinski definition) is 3. The second-order valence-electron chi connectivity index (χ2n) is 5.47. The Morgan fingerprint density at radius 2 is 2.18 bits per heavy atom. The molecule has 7 heteroatoms. The minimum atomic E-state index is -0.723. The molecule has 0 radical (unpaired) electrons. The summed E-state index contributed by atoms with van der Waals surface area (Å²) in [6.45, 7) is 1.91. The number of urea groups is 1. The van der Waals surface area contributed by atoms with Gasteiger partial charge in [0.25, 0.3) is 0 Å². The normalized spacial score (nSPS) is 16.0. The first-order valence-electron chi connectivity index (χ1n) is 7.50. The highest BCUT2D eigenvalue weighted by molar-refractivity contribution is 5.86. The number of amides is 3. The molecule has 4 N–H and O–H groups in total. The van der Waals surface area contributed by atoms with E-state index in [1.165, 1.54) is 12.8 Å². The number of ether oxygens (including phenoxy) is 1. The molecule has 1 heterocycles. The minimum absolute atomic E-state index is 0.247. The van der Waals surface area contributed by atoms with Crippen LogP contribution in [0.1, 0.15) is 38.2 Å². The number of primary amides is 1. The van der Waals surface area contributed by atoms with Gasteiger partial charge in [0.1, 0.15) is 12.1 Å². The van der Waals surface area contributed by atoms with Crippen molar-refractivity contribution in [2.24, 2.45) is 5.73 Å². The van der Waals surface area contributed by atoms with E-state index in [1.807, 2.05) is 12.1 Å². The number of carbonyl (C=O) groups excluding carboxylic acids is 2. The summed E-state index contributed by atoms with van der Waals surface area (Å²) in [7, 11) is 0. The van der Waals surface area contributed by atoms with Gasteiger partial charge in [0.2, 0.25) is 11.8 Å². The largest absolute Gasteiger partial charge is 0.474 e. The maximum absolute atomic E-state index is 11.8. The van der Waals surface area contributed by atoms with Crippen LogP contribution in [0.5, 0.6) is 5.88 Å². The number of pyridine rings is 1. The molecule has 1 aliphatic rings. The third-order valence-electron chi connectivity index (χ3n) is 3.61. The van der Waals surface area contributed by atoms with Crippen LogP contribution in [0.2, 0.25) is 0 Å². The average Bonchev–Trinajstić information content (AvgIpc) is 2.97. The summed E-state index contributed by atoms with van der Waals surface area (Å²) in [6.07, 6.45) is 6.45. The number of aromatic nitrogens is 1. The first-order valence-corrected chi connectivity index (χ1v) is 7.50. The Bertz CT molecular complexity index is 529. The van der Waals surface area contributed by atoms with Gasteiger partial charge in [0.15, 0.2) is 0 Å². The third-order valence-corrected chi connectivity index (χ3v) is 3.61. The van der Waals surface area contributed by atoms with Crippen molar-refractivity contribution < 1.29 is 14.3 Å². The Balaban J connectivity index is 1.84. The van der Waals surface area contributed by atoms with E-state index in [1.54, 1.807) is 13.1 Å². The summed E-state index contributed by atoms with van der Waals surface area (Å²) in [5.74, 6) is 0.288. The lowest BCUT2D eigenvalue weighted by atomic mass is 10.2. The zero-order chi connectivity index (χ0) is 15.9. The van der Waals surface area contributed by atoms with Crippen LogP contribution in [-0.4, -0.2) is 29.1 Å². The Kier molecular flexibility index (Phi) is 5.57. The van der Waals surface area contributed by atoms with Crippen molar-refractivity contribution in [2.75, 3.05) is 0 Å². The summed E-state index contributed by atoms with van der Waals surface area (Å²) in [6, 6.07) is 2.24. The fourth-order valence-electron chi connectivity index (χ4n) is 2.42. The summed E-state index contributed by atoms with van der Waals surface area (Å²) < 4.78 is 5.83. The van der Waals surface area contributed by atoms with Gasteiger partial charge in [-0.1, -0.05) is 0 Å². The molecule has 0 aliphatic heterocycles. The van der Waals surface area contributed by atoms with Gasteiger partial charge in [-0.25, -0.2) is 9.78 Å². The zero-order valence-corrected chi connectivity index (χ0v) is 12.7. The van der Waals surface area contributed by atoms with E-state index < -0.39 is 12.1 Å². The minimum Gasteiger partial charge on any atom is -0.474 e. The number of nitrogens with zero attached hydrogens (tertiary/aromatic N) is 1. The average molecular weight is 306 g/mol. The molecule has 1 aliphatic carbocycles. The first kappa shape index (κ1) is 16.1. The smallest absolute Gasteiger partial charge is 0.312 e. The van der Waals surface area contributed by atoms with Gasteiger partial charge in [0, 0.05) is 18.8 Å². The highest BCUT2D eigenvalue weighted by Gasteiger charge is 2.17. The van der Waals surface area contributed by atoms with Crippen LogP contribution >= 0.6 is 0 Å². The molecule has 0 aromatic carbocycles. The molecule has 22 heavy (non-hydrogen) atoms. The molecule has 0 bridgehead atoms. The van der Waals surface area contributed by atoms with Crippen LogP contribution in [-0.2, 0) is 11.3 Å². The lowest BCUT2D eigenvalue weighted by Gasteiger charge is -2.14. The van der Waals surface area contributed by atoms with Crippen molar-refractivity contribution in [3.05, 3.63) is 23.9 Å². The second kappa shape index (κ2) is 7.63. The van der Waals surface area contributed by atoms with Crippen molar-refractivity contribution in [1.29, 1.82) is 0 Å². The van der Waals surface area contributed by atoms with Crippen LogP contribution in [0.15, 0.2) is 18.3 Å². The van der Waals surface area contributed by atoms with Gasteiger partial charge >= 0.3 is 6.03 Å². The predicted molar refractivity (Wildman–Crippen MR) is 81.1 cm³/mol. The standard InChI is InChI=1S/C15H22N4O3/c1-10(19-15(16)21)14(20)18-9-11-6-7-17-13(8-11)22-12-4-2-3-5-12/h6-8,10,12H,2-5,9H2,1H3,(H,18,20)(H3,16,19,21)/t10-/m0/s1. The molecule has 1 fully saturated rings. The van der Waals surface area contributed by atoms with Crippen LogP contribution in [0.25, 0.3) is 0 Å². The predicted octanol–water partition coefficient (Wildman–Crippen LogP) is 1.08. The molecule has 120 valence electrons. The molecular weight excluding hydrogens is 284 g/mol. The van der Waals surface area contributed by atoms with E-state index in [-0.39, 0.29) is 12.0 Å². The number of hydrogen-bond acceptors (Lipinski definition) is 4. The fraction of sp³-hybridized carbons (Fsp3) is 0.533. The molecule has 1 aromatic rings. The number of carbonyl (C=O) groups is 2. The SMILES string of the molecule is C[C@H](NC(N)=O)C(=O)NCc1ccnc(OC2CCCC2)c1.